The Morgan fingerprint density at radius 3 is 2.67 bits per heavy atom. The molecule has 0 fully saturated rings. The maximum absolute atomic E-state index is 13.5. The second kappa shape index (κ2) is 4.86. The van der Waals surface area contributed by atoms with Gasteiger partial charge < -0.3 is 10.2 Å². The molecule has 0 aliphatic heterocycles. The van der Waals surface area contributed by atoms with Gasteiger partial charge in [0, 0.05) is 0 Å². The average Bonchev–Trinajstić information content (AvgIpc) is 2.80. The van der Waals surface area contributed by atoms with Gasteiger partial charge in [0.2, 0.25) is 5.89 Å². The first-order chi connectivity index (χ1) is 8.49. The van der Waals surface area contributed by atoms with E-state index in [1.54, 1.807) is 0 Å². The predicted octanol–water partition coefficient (Wildman–Crippen LogP) is 3.28. The van der Waals surface area contributed by atoms with Crippen LogP contribution in [0.3, 0.4) is 0 Å². The van der Waals surface area contributed by atoms with Crippen LogP contribution in [0.25, 0.3) is 11.3 Å². The molecule has 0 saturated carbocycles. The molecule has 1 aromatic carbocycles. The van der Waals surface area contributed by atoms with Gasteiger partial charge in [-0.25, -0.2) is 13.8 Å². The maximum Gasteiger partial charge on any atom is 0.212 e. The molecule has 0 amide bonds. The van der Waals surface area contributed by atoms with E-state index < -0.39 is 11.6 Å². The molecule has 0 radical (unpaired) electrons. The Morgan fingerprint density at radius 1 is 1.28 bits per heavy atom. The van der Waals surface area contributed by atoms with Gasteiger partial charge in [0.25, 0.3) is 0 Å². The first kappa shape index (κ1) is 12.7. The molecule has 1 heterocycles. The first-order valence-electron chi connectivity index (χ1n) is 5.65. The molecule has 0 aliphatic carbocycles. The summed E-state index contributed by atoms with van der Waals surface area (Å²) in [5.41, 5.74) is 5.92. The number of oxazole rings is 1. The van der Waals surface area contributed by atoms with Crippen LogP contribution in [-0.4, -0.2) is 4.98 Å². The van der Waals surface area contributed by atoms with Crippen molar-refractivity contribution >= 4 is 0 Å². The molecule has 3 nitrogen and oxygen atoms in total. The molecule has 0 saturated heterocycles. The summed E-state index contributed by atoms with van der Waals surface area (Å²) in [6.45, 7) is 3.86. The highest BCUT2D eigenvalue weighted by atomic mass is 19.1. The van der Waals surface area contributed by atoms with Crippen LogP contribution in [0.4, 0.5) is 8.78 Å². The number of rotatable bonds is 3. The molecule has 0 aliphatic rings. The van der Waals surface area contributed by atoms with Crippen molar-refractivity contribution in [3.05, 3.63) is 41.9 Å². The molecular formula is C13H14F2N2O. The van der Waals surface area contributed by atoms with Crippen molar-refractivity contribution in [2.45, 2.75) is 19.9 Å². The Bertz CT molecular complexity index is 552. The van der Waals surface area contributed by atoms with Gasteiger partial charge in [-0.2, -0.15) is 0 Å². The lowest BCUT2D eigenvalue weighted by molar-refractivity contribution is 0.393. The zero-order valence-electron chi connectivity index (χ0n) is 10.2. The van der Waals surface area contributed by atoms with E-state index in [1.807, 2.05) is 13.8 Å². The Hall–Kier alpha value is -1.75. The Kier molecular flexibility index (Phi) is 3.43. The number of hydrogen-bond acceptors (Lipinski definition) is 3. The maximum atomic E-state index is 13.5. The summed E-state index contributed by atoms with van der Waals surface area (Å²) in [5.74, 6) is -0.439. The monoisotopic (exact) mass is 252 g/mol. The van der Waals surface area contributed by atoms with Gasteiger partial charge in [0.1, 0.15) is 11.6 Å². The van der Waals surface area contributed by atoms with Crippen LogP contribution in [0.5, 0.6) is 0 Å². The van der Waals surface area contributed by atoms with E-state index >= 15 is 0 Å². The third-order valence-corrected chi connectivity index (χ3v) is 2.72. The van der Waals surface area contributed by atoms with E-state index in [1.165, 1.54) is 6.20 Å². The van der Waals surface area contributed by atoms with E-state index in [9.17, 15) is 8.78 Å². The summed E-state index contributed by atoms with van der Waals surface area (Å²) < 4.78 is 32.0. The minimum Gasteiger partial charge on any atom is -0.439 e. The van der Waals surface area contributed by atoms with Crippen LogP contribution < -0.4 is 5.73 Å². The Labute approximate surface area is 104 Å². The van der Waals surface area contributed by atoms with Gasteiger partial charge in [0.15, 0.2) is 5.76 Å². The molecule has 18 heavy (non-hydrogen) atoms. The highest BCUT2D eigenvalue weighted by Crippen LogP contribution is 2.27. The van der Waals surface area contributed by atoms with Gasteiger partial charge in [-0.3, -0.25) is 0 Å². The molecule has 0 spiro atoms. The van der Waals surface area contributed by atoms with Crippen molar-refractivity contribution in [3.63, 3.8) is 0 Å². The lowest BCUT2D eigenvalue weighted by Gasteiger charge is -2.10. The zero-order valence-corrected chi connectivity index (χ0v) is 10.2. The molecule has 1 unspecified atom stereocenters. The fourth-order valence-electron chi connectivity index (χ4n) is 1.54. The lowest BCUT2D eigenvalue weighted by atomic mass is 10.1. The predicted molar refractivity (Wildman–Crippen MR) is 63.6 cm³/mol. The van der Waals surface area contributed by atoms with Crippen LogP contribution in [0.1, 0.15) is 25.8 Å². The molecule has 96 valence electrons. The van der Waals surface area contributed by atoms with Gasteiger partial charge in [-0.05, 0) is 24.1 Å². The largest absolute Gasteiger partial charge is 0.439 e. The molecule has 1 atom stereocenters. The van der Waals surface area contributed by atoms with Crippen molar-refractivity contribution in [2.75, 3.05) is 0 Å². The fourth-order valence-corrected chi connectivity index (χ4v) is 1.54. The molecule has 2 aromatic rings. The summed E-state index contributed by atoms with van der Waals surface area (Å²) in [5, 5.41) is 0. The first-order valence-corrected chi connectivity index (χ1v) is 5.65. The molecule has 2 rings (SSSR count). The van der Waals surface area contributed by atoms with Crippen LogP contribution in [0.15, 0.2) is 28.8 Å². The number of hydrogen-bond donors (Lipinski definition) is 1. The topological polar surface area (TPSA) is 52.0 Å². The second-order valence-corrected chi connectivity index (χ2v) is 4.46. The van der Waals surface area contributed by atoms with E-state index in [-0.39, 0.29) is 23.3 Å². The SMILES string of the molecule is CC(C)C(N)c1ncc(-c2cc(F)ccc2F)o1. The van der Waals surface area contributed by atoms with Crippen molar-refractivity contribution < 1.29 is 13.2 Å². The number of nitrogens with two attached hydrogens (primary N) is 1. The van der Waals surface area contributed by atoms with Gasteiger partial charge >= 0.3 is 0 Å². The van der Waals surface area contributed by atoms with Gasteiger partial charge in [-0.1, -0.05) is 13.8 Å². The minimum absolute atomic E-state index is 0.0460. The normalized spacial score (nSPS) is 13.0. The van der Waals surface area contributed by atoms with Crippen molar-refractivity contribution in [1.29, 1.82) is 0 Å². The number of halogens is 2. The number of nitrogens with zero attached hydrogens (tertiary/aromatic N) is 1. The van der Waals surface area contributed by atoms with E-state index in [2.05, 4.69) is 4.98 Å². The van der Waals surface area contributed by atoms with Crippen LogP contribution in [0, 0.1) is 17.6 Å². The highest BCUT2D eigenvalue weighted by Gasteiger charge is 2.18. The fraction of sp³-hybridized carbons (Fsp3) is 0.308. The van der Waals surface area contributed by atoms with Crippen molar-refractivity contribution in [2.24, 2.45) is 11.7 Å². The van der Waals surface area contributed by atoms with E-state index in [4.69, 9.17) is 10.2 Å². The molecule has 0 bridgehead atoms. The third kappa shape index (κ3) is 2.41. The third-order valence-electron chi connectivity index (χ3n) is 2.72. The summed E-state index contributed by atoms with van der Waals surface area (Å²) in [4.78, 5) is 4.00. The number of aromatic nitrogens is 1. The number of benzene rings is 1. The average molecular weight is 252 g/mol. The minimum atomic E-state index is -0.558. The summed E-state index contributed by atoms with van der Waals surface area (Å²) in [6, 6.07) is 2.81. The van der Waals surface area contributed by atoms with Gasteiger partial charge in [0.05, 0.1) is 17.8 Å². The second-order valence-electron chi connectivity index (χ2n) is 4.46. The lowest BCUT2D eigenvalue weighted by Crippen LogP contribution is -2.16. The molecule has 2 N–H and O–H groups in total. The van der Waals surface area contributed by atoms with Crippen LogP contribution in [0.2, 0.25) is 0 Å². The Balaban J connectivity index is 2.38. The highest BCUT2D eigenvalue weighted by molar-refractivity contribution is 5.57. The van der Waals surface area contributed by atoms with Crippen molar-refractivity contribution in [1.82, 2.24) is 4.98 Å². The molecule has 5 heteroatoms. The van der Waals surface area contributed by atoms with Crippen LogP contribution in [-0.2, 0) is 0 Å². The van der Waals surface area contributed by atoms with E-state index in [0.717, 1.165) is 18.2 Å². The summed E-state index contributed by atoms with van der Waals surface area (Å²) >= 11 is 0. The molecule has 1 aromatic heterocycles. The van der Waals surface area contributed by atoms with Crippen LogP contribution >= 0.6 is 0 Å². The van der Waals surface area contributed by atoms with Gasteiger partial charge in [-0.15, -0.1) is 0 Å². The summed E-state index contributed by atoms with van der Waals surface area (Å²) in [7, 11) is 0. The smallest absolute Gasteiger partial charge is 0.212 e. The zero-order chi connectivity index (χ0) is 13.3. The van der Waals surface area contributed by atoms with E-state index in [0.29, 0.717) is 5.89 Å². The molecular weight excluding hydrogens is 238 g/mol. The summed E-state index contributed by atoms with van der Waals surface area (Å²) in [6.07, 6.45) is 1.36. The van der Waals surface area contributed by atoms with Crippen molar-refractivity contribution in [3.8, 4) is 11.3 Å². The quantitative estimate of drug-likeness (QED) is 0.912. The Morgan fingerprint density at radius 2 is 2.00 bits per heavy atom. The standard InChI is InChI=1S/C13H14F2N2O/c1-7(2)12(16)13-17-6-11(18-13)9-5-8(14)3-4-10(9)15/h3-7,12H,16H2,1-2H3.